The van der Waals surface area contributed by atoms with Crippen LogP contribution in [-0.4, -0.2) is 10.9 Å². The summed E-state index contributed by atoms with van der Waals surface area (Å²) < 4.78 is 5.72. The van der Waals surface area contributed by atoms with Crippen LogP contribution in [0.25, 0.3) is 0 Å². The van der Waals surface area contributed by atoms with E-state index in [-0.39, 0.29) is 5.41 Å². The van der Waals surface area contributed by atoms with Gasteiger partial charge in [-0.15, -0.1) is 11.6 Å². The molecule has 0 N–H and O–H groups in total. The third-order valence-corrected chi connectivity index (χ3v) is 3.35. The normalized spacial score (nSPS) is 20.1. The van der Waals surface area contributed by atoms with Gasteiger partial charge in [-0.25, -0.2) is 4.98 Å². The van der Waals surface area contributed by atoms with Gasteiger partial charge in [0.1, 0.15) is 5.76 Å². The molecule has 78 valence electrons. The van der Waals surface area contributed by atoms with Crippen LogP contribution in [0.4, 0.5) is 0 Å². The van der Waals surface area contributed by atoms with E-state index < -0.39 is 0 Å². The number of aromatic nitrogens is 1. The van der Waals surface area contributed by atoms with Crippen LogP contribution in [0.1, 0.15) is 44.3 Å². The molecule has 0 aliphatic heterocycles. The predicted molar refractivity (Wildman–Crippen MR) is 56.7 cm³/mol. The van der Waals surface area contributed by atoms with Crippen LogP contribution in [0.3, 0.4) is 0 Å². The first-order chi connectivity index (χ1) is 6.74. The molecule has 14 heavy (non-hydrogen) atoms. The molecule has 1 aromatic rings. The minimum absolute atomic E-state index is 0.234. The zero-order valence-electron chi connectivity index (χ0n) is 8.55. The van der Waals surface area contributed by atoms with E-state index in [1.807, 2.05) is 6.20 Å². The molecule has 1 heterocycles. The maximum Gasteiger partial charge on any atom is 0.195 e. The molecule has 1 aliphatic carbocycles. The highest BCUT2D eigenvalue weighted by atomic mass is 35.5. The second kappa shape index (κ2) is 3.93. The summed E-state index contributed by atoms with van der Waals surface area (Å²) in [5.41, 5.74) is 0.234. The monoisotopic (exact) mass is 213 g/mol. The first-order valence-corrected chi connectivity index (χ1v) is 5.79. The quantitative estimate of drug-likeness (QED) is 0.721. The first kappa shape index (κ1) is 10.0. The Morgan fingerprint density at radius 2 is 2.21 bits per heavy atom. The van der Waals surface area contributed by atoms with Crippen molar-refractivity contribution >= 4 is 11.6 Å². The van der Waals surface area contributed by atoms with Gasteiger partial charge in [-0.05, 0) is 12.8 Å². The Morgan fingerprint density at radius 1 is 1.50 bits per heavy atom. The molecule has 0 radical (unpaired) electrons. The fraction of sp³-hybridized carbons (Fsp3) is 0.727. The molecular formula is C11H16ClNO. The molecule has 3 heteroatoms. The average Bonchev–Trinajstić information content (AvgIpc) is 2.75. The number of alkyl halides is 1. The molecule has 0 unspecified atom stereocenters. The summed E-state index contributed by atoms with van der Waals surface area (Å²) in [6.07, 6.45) is 7.68. The highest BCUT2D eigenvalue weighted by Gasteiger charge is 2.33. The number of nitrogens with zero attached hydrogens (tertiary/aromatic N) is 1. The molecule has 0 spiro atoms. The Kier molecular flexibility index (Phi) is 2.82. The maximum absolute atomic E-state index is 5.72. The first-order valence-electron chi connectivity index (χ1n) is 5.26. The standard InChI is InChI=1S/C11H16ClNO/c1-11(5-2-3-6-11)9-8-13-10(14-9)4-7-12/h8H,2-7H2,1H3. The number of halogens is 1. The fourth-order valence-corrected chi connectivity index (χ4v) is 2.35. The number of aryl methyl sites for hydroxylation is 1. The van der Waals surface area contributed by atoms with Crippen molar-refractivity contribution in [3.05, 3.63) is 17.8 Å². The van der Waals surface area contributed by atoms with Crippen molar-refractivity contribution < 1.29 is 4.42 Å². The Balaban J connectivity index is 2.15. The molecule has 1 aromatic heterocycles. The van der Waals surface area contributed by atoms with Crippen molar-refractivity contribution in [2.75, 3.05) is 5.88 Å². The van der Waals surface area contributed by atoms with Gasteiger partial charge in [0, 0.05) is 17.7 Å². The van der Waals surface area contributed by atoms with Gasteiger partial charge in [0.05, 0.1) is 6.20 Å². The Labute approximate surface area is 89.7 Å². The van der Waals surface area contributed by atoms with Crippen LogP contribution in [-0.2, 0) is 11.8 Å². The molecule has 1 fully saturated rings. The Hall–Kier alpha value is -0.500. The summed E-state index contributed by atoms with van der Waals surface area (Å²) in [5, 5.41) is 0. The van der Waals surface area contributed by atoms with Crippen LogP contribution < -0.4 is 0 Å². The summed E-state index contributed by atoms with van der Waals surface area (Å²) in [5.74, 6) is 2.41. The molecular weight excluding hydrogens is 198 g/mol. The van der Waals surface area contributed by atoms with Crippen LogP contribution in [0.15, 0.2) is 10.6 Å². The van der Waals surface area contributed by atoms with E-state index in [1.54, 1.807) is 0 Å². The average molecular weight is 214 g/mol. The molecule has 0 bridgehead atoms. The van der Waals surface area contributed by atoms with Crippen molar-refractivity contribution in [1.82, 2.24) is 4.98 Å². The van der Waals surface area contributed by atoms with Crippen LogP contribution >= 0.6 is 11.6 Å². The fourth-order valence-electron chi connectivity index (χ4n) is 2.19. The van der Waals surface area contributed by atoms with E-state index >= 15 is 0 Å². The van der Waals surface area contributed by atoms with Crippen molar-refractivity contribution in [1.29, 1.82) is 0 Å². The number of hydrogen-bond acceptors (Lipinski definition) is 2. The van der Waals surface area contributed by atoms with E-state index in [9.17, 15) is 0 Å². The molecule has 0 amide bonds. The lowest BCUT2D eigenvalue weighted by atomic mass is 9.87. The lowest BCUT2D eigenvalue weighted by Gasteiger charge is -2.19. The van der Waals surface area contributed by atoms with Gasteiger partial charge in [-0.3, -0.25) is 0 Å². The van der Waals surface area contributed by atoms with Crippen molar-refractivity contribution in [2.45, 2.75) is 44.4 Å². The number of hydrogen-bond donors (Lipinski definition) is 0. The van der Waals surface area contributed by atoms with Crippen molar-refractivity contribution in [3.8, 4) is 0 Å². The van der Waals surface area contributed by atoms with Crippen molar-refractivity contribution in [2.24, 2.45) is 0 Å². The highest BCUT2D eigenvalue weighted by Crippen LogP contribution is 2.40. The topological polar surface area (TPSA) is 26.0 Å². The maximum atomic E-state index is 5.72. The van der Waals surface area contributed by atoms with E-state index in [0.717, 1.165) is 18.1 Å². The zero-order valence-corrected chi connectivity index (χ0v) is 9.31. The summed E-state index contributed by atoms with van der Waals surface area (Å²) >= 11 is 5.64. The molecule has 1 saturated carbocycles. The van der Waals surface area contributed by atoms with E-state index in [2.05, 4.69) is 11.9 Å². The SMILES string of the molecule is CC1(c2cnc(CCCl)o2)CCCC1. The van der Waals surface area contributed by atoms with Gasteiger partial charge in [-0.2, -0.15) is 0 Å². The number of oxazole rings is 1. The van der Waals surface area contributed by atoms with Gasteiger partial charge in [0.25, 0.3) is 0 Å². The van der Waals surface area contributed by atoms with E-state index in [4.69, 9.17) is 16.0 Å². The van der Waals surface area contributed by atoms with Crippen molar-refractivity contribution in [3.63, 3.8) is 0 Å². The van der Waals surface area contributed by atoms with Crippen LogP contribution in [0, 0.1) is 0 Å². The van der Waals surface area contributed by atoms with Gasteiger partial charge >= 0.3 is 0 Å². The second-order valence-electron chi connectivity index (χ2n) is 4.32. The molecule has 0 saturated heterocycles. The summed E-state index contributed by atoms with van der Waals surface area (Å²) in [4.78, 5) is 4.24. The second-order valence-corrected chi connectivity index (χ2v) is 4.70. The lowest BCUT2D eigenvalue weighted by molar-refractivity contribution is 0.350. The minimum atomic E-state index is 0.234. The van der Waals surface area contributed by atoms with E-state index in [0.29, 0.717) is 5.88 Å². The molecule has 0 atom stereocenters. The lowest BCUT2D eigenvalue weighted by Crippen LogP contribution is -2.15. The van der Waals surface area contributed by atoms with E-state index in [1.165, 1.54) is 25.7 Å². The van der Waals surface area contributed by atoms with Gasteiger partial charge in [-0.1, -0.05) is 19.8 Å². The number of rotatable bonds is 3. The molecule has 0 aromatic carbocycles. The minimum Gasteiger partial charge on any atom is -0.445 e. The zero-order chi connectivity index (χ0) is 10.0. The van der Waals surface area contributed by atoms with Crippen LogP contribution in [0.2, 0.25) is 0 Å². The third kappa shape index (κ3) is 1.81. The predicted octanol–water partition coefficient (Wildman–Crippen LogP) is 3.29. The summed E-state index contributed by atoms with van der Waals surface area (Å²) in [7, 11) is 0. The largest absolute Gasteiger partial charge is 0.445 e. The summed E-state index contributed by atoms with van der Waals surface area (Å²) in [6.45, 7) is 2.27. The smallest absolute Gasteiger partial charge is 0.195 e. The Morgan fingerprint density at radius 3 is 2.86 bits per heavy atom. The third-order valence-electron chi connectivity index (χ3n) is 3.16. The van der Waals surface area contributed by atoms with Gasteiger partial charge < -0.3 is 4.42 Å². The molecule has 2 rings (SSSR count). The summed E-state index contributed by atoms with van der Waals surface area (Å²) in [6, 6.07) is 0. The van der Waals surface area contributed by atoms with Gasteiger partial charge in [0.2, 0.25) is 0 Å². The molecule has 2 nitrogen and oxygen atoms in total. The Bertz CT molecular complexity index is 302. The highest BCUT2D eigenvalue weighted by molar-refractivity contribution is 6.17. The van der Waals surface area contributed by atoms with Gasteiger partial charge in [0.15, 0.2) is 5.89 Å². The van der Waals surface area contributed by atoms with Crippen LogP contribution in [0.5, 0.6) is 0 Å². The molecule has 1 aliphatic rings.